The van der Waals surface area contributed by atoms with E-state index in [4.69, 9.17) is 12.2 Å². The number of nitrogens with one attached hydrogen (secondary N) is 1. The van der Waals surface area contributed by atoms with E-state index in [1.165, 1.54) is 6.07 Å². The summed E-state index contributed by atoms with van der Waals surface area (Å²) in [6.45, 7) is 6.05. The van der Waals surface area contributed by atoms with E-state index in [0.717, 1.165) is 21.1 Å². The van der Waals surface area contributed by atoms with Crippen LogP contribution in [0.1, 0.15) is 28.5 Å². The molecule has 0 fully saturated rings. The van der Waals surface area contributed by atoms with E-state index in [1.807, 2.05) is 24.5 Å². The number of nitrogens with zero attached hydrogens (tertiary/aromatic N) is 2. The molecule has 0 bridgehead atoms. The van der Waals surface area contributed by atoms with Crippen molar-refractivity contribution in [1.82, 2.24) is 14.5 Å². The molecular weight excluding hydrogens is 293 g/mol. The number of thiazole rings is 1. The first-order valence-electron chi connectivity index (χ1n) is 6.31. The molecule has 3 nitrogen and oxygen atoms in total. The van der Waals surface area contributed by atoms with Crippen LogP contribution in [0.4, 0.5) is 4.39 Å². The Kier molecular flexibility index (Phi) is 3.22. The molecule has 1 aromatic carbocycles. The molecule has 2 aromatic heterocycles. The predicted octanol–water partition coefficient (Wildman–Crippen LogP) is 4.52. The Hall–Kier alpha value is -1.53. The van der Waals surface area contributed by atoms with Crippen LogP contribution in [0.2, 0.25) is 0 Å². The normalized spacial score (nSPS) is 13.0. The number of rotatable bonds is 2. The lowest BCUT2D eigenvalue weighted by atomic mass is 10.2. The van der Waals surface area contributed by atoms with Gasteiger partial charge in [-0.3, -0.25) is 0 Å². The van der Waals surface area contributed by atoms with Crippen LogP contribution in [0.25, 0.3) is 11.0 Å². The number of benzene rings is 1. The second-order valence-corrected chi connectivity index (χ2v) is 6.41. The van der Waals surface area contributed by atoms with Gasteiger partial charge in [-0.05, 0) is 45.1 Å². The molecule has 2 heterocycles. The molecule has 3 aromatic rings. The number of aromatic nitrogens is 3. The Bertz CT molecular complexity index is 844. The van der Waals surface area contributed by atoms with E-state index in [9.17, 15) is 4.39 Å². The number of halogens is 1. The van der Waals surface area contributed by atoms with Gasteiger partial charge < -0.3 is 9.55 Å². The largest absolute Gasteiger partial charge is 0.328 e. The monoisotopic (exact) mass is 307 g/mol. The summed E-state index contributed by atoms with van der Waals surface area (Å²) in [7, 11) is 0. The smallest absolute Gasteiger partial charge is 0.178 e. The number of aryl methyl sites for hydroxylation is 2. The van der Waals surface area contributed by atoms with E-state index in [1.54, 1.807) is 17.4 Å². The van der Waals surface area contributed by atoms with Gasteiger partial charge in [-0.2, -0.15) is 0 Å². The zero-order chi connectivity index (χ0) is 14.4. The van der Waals surface area contributed by atoms with E-state index in [0.29, 0.717) is 10.3 Å². The highest BCUT2D eigenvalue weighted by molar-refractivity contribution is 7.71. The highest BCUT2D eigenvalue weighted by Gasteiger charge is 2.18. The minimum Gasteiger partial charge on any atom is -0.328 e. The van der Waals surface area contributed by atoms with Crippen molar-refractivity contribution in [1.29, 1.82) is 0 Å². The van der Waals surface area contributed by atoms with Crippen molar-refractivity contribution in [3.05, 3.63) is 44.4 Å². The first kappa shape index (κ1) is 13.5. The first-order chi connectivity index (χ1) is 9.49. The Morgan fingerprint density at radius 2 is 2.15 bits per heavy atom. The third-order valence-corrected chi connectivity index (χ3v) is 4.95. The van der Waals surface area contributed by atoms with Crippen molar-refractivity contribution in [3.63, 3.8) is 0 Å². The maximum atomic E-state index is 13.8. The van der Waals surface area contributed by atoms with Gasteiger partial charge in [0.15, 0.2) is 4.77 Å². The maximum absolute atomic E-state index is 13.8. The Morgan fingerprint density at radius 1 is 1.40 bits per heavy atom. The lowest BCUT2D eigenvalue weighted by Crippen LogP contribution is -2.06. The fraction of sp³-hybridized carbons (Fsp3) is 0.286. The van der Waals surface area contributed by atoms with Gasteiger partial charge in [0.2, 0.25) is 0 Å². The molecule has 104 valence electrons. The number of fused-ring (bicyclic) bond motifs is 1. The van der Waals surface area contributed by atoms with E-state index in [2.05, 4.69) is 16.9 Å². The Morgan fingerprint density at radius 3 is 2.80 bits per heavy atom. The molecule has 1 unspecified atom stereocenters. The zero-order valence-electron chi connectivity index (χ0n) is 11.4. The molecule has 0 spiro atoms. The number of hydrogen-bond donors (Lipinski definition) is 1. The number of H-pyrrole nitrogens is 1. The van der Waals surface area contributed by atoms with Crippen molar-refractivity contribution >= 4 is 34.6 Å². The standard InChI is InChI=1S/C14H14FN3S2/c1-7-13(20-9(3)16-7)8(2)18-11-6-4-5-10(15)12(11)17-14(18)19/h4-6,8H,1-3H3,(H,17,19). The van der Waals surface area contributed by atoms with Crippen LogP contribution in [0, 0.1) is 24.4 Å². The second-order valence-electron chi connectivity index (χ2n) is 4.79. The fourth-order valence-electron chi connectivity index (χ4n) is 2.55. The second kappa shape index (κ2) is 4.79. The zero-order valence-corrected chi connectivity index (χ0v) is 13.0. The van der Waals surface area contributed by atoms with Crippen LogP contribution in [-0.4, -0.2) is 14.5 Å². The summed E-state index contributed by atoms with van der Waals surface area (Å²) in [5.74, 6) is -0.281. The lowest BCUT2D eigenvalue weighted by molar-refractivity contribution is 0.636. The lowest BCUT2D eigenvalue weighted by Gasteiger charge is -2.13. The minimum absolute atomic E-state index is 0.0317. The van der Waals surface area contributed by atoms with Gasteiger partial charge in [-0.15, -0.1) is 11.3 Å². The minimum atomic E-state index is -0.281. The number of para-hydroxylation sites is 1. The van der Waals surface area contributed by atoms with Gasteiger partial charge in [0.25, 0.3) is 0 Å². The predicted molar refractivity (Wildman–Crippen MR) is 82.5 cm³/mol. The van der Waals surface area contributed by atoms with Gasteiger partial charge in [-0.1, -0.05) is 6.07 Å². The van der Waals surface area contributed by atoms with Gasteiger partial charge in [-0.25, -0.2) is 9.37 Å². The molecule has 3 rings (SSSR count). The van der Waals surface area contributed by atoms with E-state index < -0.39 is 0 Å². The molecule has 0 radical (unpaired) electrons. The molecule has 20 heavy (non-hydrogen) atoms. The van der Waals surface area contributed by atoms with E-state index in [-0.39, 0.29) is 11.9 Å². The summed E-state index contributed by atoms with van der Waals surface area (Å²) in [4.78, 5) is 8.57. The van der Waals surface area contributed by atoms with Gasteiger partial charge in [0.05, 0.1) is 27.1 Å². The Balaban J connectivity index is 2.24. The number of hydrogen-bond acceptors (Lipinski definition) is 3. The molecule has 6 heteroatoms. The summed E-state index contributed by atoms with van der Waals surface area (Å²) >= 11 is 7.02. The molecule has 0 aliphatic heterocycles. The molecule has 1 N–H and O–H groups in total. The van der Waals surface area contributed by atoms with Gasteiger partial charge >= 0.3 is 0 Å². The first-order valence-corrected chi connectivity index (χ1v) is 7.54. The highest BCUT2D eigenvalue weighted by Crippen LogP contribution is 2.31. The SMILES string of the molecule is Cc1nc(C)c(C(C)n2c(=S)[nH]c3c(F)cccc32)s1. The molecule has 1 atom stereocenters. The molecule has 0 amide bonds. The van der Waals surface area contributed by atoms with Crippen LogP contribution in [0.5, 0.6) is 0 Å². The average Bonchev–Trinajstić information content (AvgIpc) is 2.89. The Labute approximate surface area is 125 Å². The number of aromatic amines is 1. The summed E-state index contributed by atoms with van der Waals surface area (Å²) < 4.78 is 16.3. The third-order valence-electron chi connectivity index (χ3n) is 3.41. The average molecular weight is 307 g/mol. The number of imidazole rings is 1. The molecule has 0 aliphatic rings. The van der Waals surface area contributed by atoms with Crippen molar-refractivity contribution in [3.8, 4) is 0 Å². The van der Waals surface area contributed by atoms with E-state index >= 15 is 0 Å². The molecule has 0 saturated carbocycles. The highest BCUT2D eigenvalue weighted by atomic mass is 32.1. The molecule has 0 saturated heterocycles. The van der Waals surface area contributed by atoms with Gasteiger partial charge in [0, 0.05) is 0 Å². The summed E-state index contributed by atoms with van der Waals surface area (Å²) in [5.41, 5.74) is 2.25. The summed E-state index contributed by atoms with van der Waals surface area (Å²) in [5, 5.41) is 1.03. The van der Waals surface area contributed by atoms with Crippen LogP contribution in [0.3, 0.4) is 0 Å². The van der Waals surface area contributed by atoms with Crippen LogP contribution >= 0.6 is 23.6 Å². The van der Waals surface area contributed by atoms with Crippen LogP contribution < -0.4 is 0 Å². The van der Waals surface area contributed by atoms with Crippen molar-refractivity contribution in [2.24, 2.45) is 0 Å². The van der Waals surface area contributed by atoms with Crippen LogP contribution in [0.15, 0.2) is 18.2 Å². The summed E-state index contributed by atoms with van der Waals surface area (Å²) in [6.07, 6.45) is 0. The maximum Gasteiger partial charge on any atom is 0.178 e. The third kappa shape index (κ3) is 1.99. The van der Waals surface area contributed by atoms with Crippen molar-refractivity contribution in [2.75, 3.05) is 0 Å². The van der Waals surface area contributed by atoms with Crippen molar-refractivity contribution in [2.45, 2.75) is 26.8 Å². The summed E-state index contributed by atoms with van der Waals surface area (Å²) in [6, 6.07) is 5.05. The molecule has 0 aliphatic carbocycles. The fourth-order valence-corrected chi connectivity index (χ4v) is 3.88. The molecular formula is C14H14FN3S2. The van der Waals surface area contributed by atoms with Crippen molar-refractivity contribution < 1.29 is 4.39 Å². The quantitative estimate of drug-likeness (QED) is 0.706. The van der Waals surface area contributed by atoms with Crippen LogP contribution in [-0.2, 0) is 0 Å². The topological polar surface area (TPSA) is 33.6 Å². The van der Waals surface area contributed by atoms with Gasteiger partial charge in [0.1, 0.15) is 11.3 Å².